The second kappa shape index (κ2) is 9.44. The predicted octanol–water partition coefficient (Wildman–Crippen LogP) is 6.94. The standard InChI is InChI=1S/C27H24F3N3O2/c1-34-23-12-6-7-18(26(23)35-20-8-2-3-9-20)13-15-25-32-21-10-4-5-11-22(21)33(25)24-16-14-19(17-31-24)27(28,29)30/h4-7,10-17,20H,2-3,8-9H2,1H3. The van der Waals surface area contributed by atoms with E-state index in [1.54, 1.807) is 11.7 Å². The molecule has 0 N–H and O–H groups in total. The number of pyridine rings is 1. The molecule has 1 aliphatic carbocycles. The third-order valence-corrected chi connectivity index (χ3v) is 6.12. The summed E-state index contributed by atoms with van der Waals surface area (Å²) in [5.74, 6) is 2.21. The van der Waals surface area contributed by atoms with Crippen LogP contribution in [0.1, 0.15) is 42.6 Å². The fourth-order valence-electron chi connectivity index (χ4n) is 4.37. The molecule has 35 heavy (non-hydrogen) atoms. The fraction of sp³-hybridized carbons (Fsp3) is 0.259. The Kier molecular flexibility index (Phi) is 6.19. The Hall–Kier alpha value is -3.81. The highest BCUT2D eigenvalue weighted by Crippen LogP contribution is 2.36. The second-order valence-corrected chi connectivity index (χ2v) is 8.43. The lowest BCUT2D eigenvalue weighted by molar-refractivity contribution is -0.137. The summed E-state index contributed by atoms with van der Waals surface area (Å²) in [4.78, 5) is 8.78. The molecule has 1 saturated carbocycles. The van der Waals surface area contributed by atoms with Gasteiger partial charge in [-0.3, -0.25) is 4.57 Å². The van der Waals surface area contributed by atoms with E-state index in [1.165, 1.54) is 6.07 Å². The molecule has 0 bridgehead atoms. The first-order chi connectivity index (χ1) is 16.9. The zero-order valence-corrected chi connectivity index (χ0v) is 19.1. The lowest BCUT2D eigenvalue weighted by atomic mass is 10.1. The van der Waals surface area contributed by atoms with E-state index in [2.05, 4.69) is 4.98 Å². The van der Waals surface area contributed by atoms with Crippen LogP contribution in [0.15, 0.2) is 60.8 Å². The molecular weight excluding hydrogens is 455 g/mol. The average molecular weight is 480 g/mol. The topological polar surface area (TPSA) is 49.2 Å². The number of fused-ring (bicyclic) bond motifs is 1. The van der Waals surface area contributed by atoms with Gasteiger partial charge in [-0.15, -0.1) is 0 Å². The monoisotopic (exact) mass is 479 g/mol. The van der Waals surface area contributed by atoms with Gasteiger partial charge in [0.25, 0.3) is 0 Å². The Morgan fingerprint density at radius 2 is 1.77 bits per heavy atom. The van der Waals surface area contributed by atoms with Crippen molar-refractivity contribution in [3.8, 4) is 17.3 Å². The summed E-state index contributed by atoms with van der Waals surface area (Å²) in [6, 6.07) is 15.5. The molecule has 8 heteroatoms. The van der Waals surface area contributed by atoms with Gasteiger partial charge >= 0.3 is 6.18 Å². The van der Waals surface area contributed by atoms with Crippen molar-refractivity contribution in [2.24, 2.45) is 0 Å². The maximum atomic E-state index is 13.1. The van der Waals surface area contributed by atoms with Crippen LogP contribution in [-0.2, 0) is 6.18 Å². The van der Waals surface area contributed by atoms with Gasteiger partial charge in [-0.05, 0) is 68.2 Å². The zero-order chi connectivity index (χ0) is 24.4. The molecule has 5 rings (SSSR count). The van der Waals surface area contributed by atoms with Gasteiger partial charge in [0.05, 0.1) is 29.8 Å². The van der Waals surface area contributed by atoms with Crippen molar-refractivity contribution in [1.82, 2.24) is 14.5 Å². The Labute approximate surface area is 200 Å². The van der Waals surface area contributed by atoms with Gasteiger partial charge in [-0.2, -0.15) is 13.2 Å². The molecule has 1 fully saturated rings. The van der Waals surface area contributed by atoms with E-state index in [0.717, 1.165) is 49.0 Å². The molecule has 0 atom stereocenters. The van der Waals surface area contributed by atoms with Crippen LogP contribution in [0.4, 0.5) is 13.2 Å². The molecular formula is C27H24F3N3O2. The molecule has 0 spiro atoms. The molecule has 0 unspecified atom stereocenters. The smallest absolute Gasteiger partial charge is 0.417 e. The van der Waals surface area contributed by atoms with E-state index in [1.807, 2.05) is 54.6 Å². The third-order valence-electron chi connectivity index (χ3n) is 6.12. The molecule has 1 aliphatic rings. The van der Waals surface area contributed by atoms with Gasteiger partial charge in [-0.25, -0.2) is 9.97 Å². The Morgan fingerprint density at radius 3 is 2.49 bits per heavy atom. The number of hydrogen-bond donors (Lipinski definition) is 0. The van der Waals surface area contributed by atoms with Gasteiger partial charge in [0.1, 0.15) is 11.6 Å². The summed E-state index contributed by atoms with van der Waals surface area (Å²) in [5.41, 5.74) is 1.48. The van der Waals surface area contributed by atoms with Crippen molar-refractivity contribution < 1.29 is 22.6 Å². The fourth-order valence-corrected chi connectivity index (χ4v) is 4.37. The Balaban J connectivity index is 1.56. The van der Waals surface area contributed by atoms with E-state index in [4.69, 9.17) is 14.5 Å². The van der Waals surface area contributed by atoms with Crippen LogP contribution in [0.25, 0.3) is 29.0 Å². The Morgan fingerprint density at radius 1 is 0.971 bits per heavy atom. The maximum absolute atomic E-state index is 13.1. The molecule has 0 radical (unpaired) electrons. The van der Waals surface area contributed by atoms with Crippen LogP contribution in [0.3, 0.4) is 0 Å². The summed E-state index contributed by atoms with van der Waals surface area (Å²) < 4.78 is 52.8. The molecule has 4 aromatic rings. The van der Waals surface area contributed by atoms with Gasteiger partial charge < -0.3 is 9.47 Å². The Bertz CT molecular complexity index is 1350. The van der Waals surface area contributed by atoms with Crippen molar-refractivity contribution in [3.63, 3.8) is 0 Å². The molecule has 5 nitrogen and oxygen atoms in total. The van der Waals surface area contributed by atoms with Crippen molar-refractivity contribution >= 4 is 23.2 Å². The minimum Gasteiger partial charge on any atom is -0.493 e. The summed E-state index contributed by atoms with van der Waals surface area (Å²) in [6.45, 7) is 0. The zero-order valence-electron chi connectivity index (χ0n) is 19.1. The lowest BCUT2D eigenvalue weighted by Gasteiger charge is -2.18. The minimum atomic E-state index is -4.45. The number of hydrogen-bond acceptors (Lipinski definition) is 4. The van der Waals surface area contributed by atoms with Crippen LogP contribution < -0.4 is 9.47 Å². The SMILES string of the molecule is COc1cccc(C=Cc2nc3ccccc3n2-c2ccc(C(F)(F)F)cn2)c1OC1CCCC1. The van der Waals surface area contributed by atoms with E-state index < -0.39 is 11.7 Å². The van der Waals surface area contributed by atoms with Gasteiger partial charge in [0, 0.05) is 11.8 Å². The molecule has 2 aromatic heterocycles. The van der Waals surface area contributed by atoms with Gasteiger partial charge in [-0.1, -0.05) is 24.3 Å². The number of rotatable bonds is 6. The second-order valence-electron chi connectivity index (χ2n) is 8.43. The maximum Gasteiger partial charge on any atom is 0.417 e. The summed E-state index contributed by atoms with van der Waals surface area (Å²) in [5, 5.41) is 0. The highest BCUT2D eigenvalue weighted by atomic mass is 19.4. The first kappa shape index (κ1) is 23.0. The van der Waals surface area contributed by atoms with Crippen molar-refractivity contribution in [2.45, 2.75) is 38.0 Å². The summed E-state index contributed by atoms with van der Waals surface area (Å²) in [6.07, 6.45) is 4.56. The predicted molar refractivity (Wildman–Crippen MR) is 129 cm³/mol. The largest absolute Gasteiger partial charge is 0.493 e. The molecule has 2 aromatic carbocycles. The van der Waals surface area contributed by atoms with Crippen molar-refractivity contribution in [2.75, 3.05) is 7.11 Å². The highest BCUT2D eigenvalue weighted by molar-refractivity contribution is 5.82. The van der Waals surface area contributed by atoms with Crippen LogP contribution in [0.2, 0.25) is 0 Å². The number of nitrogens with zero attached hydrogens (tertiary/aromatic N) is 3. The van der Waals surface area contributed by atoms with E-state index >= 15 is 0 Å². The molecule has 0 aliphatic heterocycles. The molecule has 180 valence electrons. The van der Waals surface area contributed by atoms with Crippen LogP contribution >= 0.6 is 0 Å². The summed E-state index contributed by atoms with van der Waals surface area (Å²) >= 11 is 0. The average Bonchev–Trinajstić information content (AvgIpc) is 3.50. The quantitative estimate of drug-likeness (QED) is 0.301. The van der Waals surface area contributed by atoms with Crippen LogP contribution in [0.5, 0.6) is 11.5 Å². The van der Waals surface area contributed by atoms with Crippen molar-refractivity contribution in [1.29, 1.82) is 0 Å². The minimum absolute atomic E-state index is 0.152. The van der Waals surface area contributed by atoms with E-state index in [-0.39, 0.29) is 6.10 Å². The first-order valence-corrected chi connectivity index (χ1v) is 11.5. The van der Waals surface area contributed by atoms with E-state index in [9.17, 15) is 13.2 Å². The number of halogens is 3. The number of imidazole rings is 1. The van der Waals surface area contributed by atoms with E-state index in [0.29, 0.717) is 28.7 Å². The van der Waals surface area contributed by atoms with Crippen LogP contribution in [0, 0.1) is 0 Å². The number of alkyl halides is 3. The molecule has 0 amide bonds. The number of methoxy groups -OCH3 is 1. The number of benzene rings is 2. The first-order valence-electron chi connectivity index (χ1n) is 11.5. The van der Waals surface area contributed by atoms with Crippen LogP contribution in [-0.4, -0.2) is 27.7 Å². The van der Waals surface area contributed by atoms with Gasteiger partial charge in [0.2, 0.25) is 0 Å². The molecule has 0 saturated heterocycles. The summed E-state index contributed by atoms with van der Waals surface area (Å²) in [7, 11) is 1.61. The number of para-hydroxylation sites is 3. The number of ether oxygens (including phenoxy) is 2. The number of aromatic nitrogens is 3. The lowest BCUT2D eigenvalue weighted by Crippen LogP contribution is -2.12. The van der Waals surface area contributed by atoms with Gasteiger partial charge in [0.15, 0.2) is 11.5 Å². The molecule has 2 heterocycles. The normalized spacial score (nSPS) is 14.7. The third kappa shape index (κ3) is 4.73. The highest BCUT2D eigenvalue weighted by Gasteiger charge is 2.31. The van der Waals surface area contributed by atoms with Crippen molar-refractivity contribution in [3.05, 3.63) is 77.7 Å².